The van der Waals surface area contributed by atoms with Gasteiger partial charge in [0.05, 0.1) is 18.6 Å². The molecule has 20 heavy (non-hydrogen) atoms. The Hall–Kier alpha value is -1.07. The number of hydrogen-bond acceptors (Lipinski definition) is 5. The lowest BCUT2D eigenvalue weighted by molar-refractivity contribution is 0.167. The molecule has 0 amide bonds. The molecule has 3 rings (SSSR count). The topological polar surface area (TPSA) is 44.9 Å². The molecule has 1 saturated heterocycles. The van der Waals surface area contributed by atoms with E-state index in [1.807, 2.05) is 0 Å². The second-order valence-electron chi connectivity index (χ2n) is 5.85. The third-order valence-corrected chi connectivity index (χ3v) is 5.60. The van der Waals surface area contributed by atoms with Crippen molar-refractivity contribution in [2.45, 2.75) is 38.3 Å². The predicted molar refractivity (Wildman–Crippen MR) is 85.0 cm³/mol. The van der Waals surface area contributed by atoms with Crippen LogP contribution in [0, 0.1) is 0 Å². The number of aliphatic imine (C=N–C) groups is 1. The van der Waals surface area contributed by atoms with Crippen molar-refractivity contribution in [2.75, 3.05) is 26.2 Å². The van der Waals surface area contributed by atoms with E-state index in [4.69, 9.17) is 5.73 Å². The Morgan fingerprint density at radius 2 is 2.30 bits per heavy atom. The minimum Gasteiger partial charge on any atom is -0.370 e. The molecule has 2 aliphatic heterocycles. The van der Waals surface area contributed by atoms with Gasteiger partial charge in [-0.2, -0.15) is 0 Å². The number of rotatable bonds is 3. The molecule has 1 spiro atoms. The Morgan fingerprint density at radius 3 is 3.05 bits per heavy atom. The van der Waals surface area contributed by atoms with E-state index in [0.717, 1.165) is 25.6 Å². The molecule has 110 valence electrons. The molecular formula is C15H24N4S. The van der Waals surface area contributed by atoms with Gasteiger partial charge in [0.1, 0.15) is 0 Å². The number of guanidine groups is 1. The Morgan fingerprint density at radius 1 is 1.40 bits per heavy atom. The molecule has 0 bridgehead atoms. The predicted octanol–water partition coefficient (Wildman–Crippen LogP) is 2.12. The van der Waals surface area contributed by atoms with Crippen molar-refractivity contribution >= 4 is 17.3 Å². The maximum Gasteiger partial charge on any atom is 0.192 e. The molecule has 5 heteroatoms. The summed E-state index contributed by atoms with van der Waals surface area (Å²) in [6, 6.07) is 4.31. The van der Waals surface area contributed by atoms with Gasteiger partial charge < -0.3 is 15.5 Å². The SMILES string of the molecule is CCN1CCCC2(CC1)CN=C(N)N2Cc1cccs1. The number of thiophene rings is 1. The second kappa shape index (κ2) is 5.74. The van der Waals surface area contributed by atoms with Gasteiger partial charge in [0.25, 0.3) is 0 Å². The van der Waals surface area contributed by atoms with Gasteiger partial charge >= 0.3 is 0 Å². The first-order valence-electron chi connectivity index (χ1n) is 7.56. The van der Waals surface area contributed by atoms with Gasteiger partial charge in [0.2, 0.25) is 0 Å². The van der Waals surface area contributed by atoms with Gasteiger partial charge in [-0.05, 0) is 43.8 Å². The highest BCUT2D eigenvalue weighted by molar-refractivity contribution is 7.09. The van der Waals surface area contributed by atoms with Gasteiger partial charge in [-0.15, -0.1) is 11.3 Å². The molecule has 2 aliphatic rings. The van der Waals surface area contributed by atoms with Crippen molar-refractivity contribution in [1.29, 1.82) is 0 Å². The fourth-order valence-electron chi connectivity index (χ4n) is 3.43. The Labute approximate surface area is 125 Å². The molecule has 1 atom stereocenters. The van der Waals surface area contributed by atoms with Crippen LogP contribution >= 0.6 is 11.3 Å². The third kappa shape index (κ3) is 2.56. The van der Waals surface area contributed by atoms with Crippen LogP contribution in [0.25, 0.3) is 0 Å². The first-order chi connectivity index (χ1) is 9.73. The average molecular weight is 292 g/mol. The number of nitrogens with two attached hydrogens (primary N) is 1. The van der Waals surface area contributed by atoms with Crippen LogP contribution in [0.15, 0.2) is 22.5 Å². The van der Waals surface area contributed by atoms with Crippen LogP contribution in [0.2, 0.25) is 0 Å². The number of nitrogens with zero attached hydrogens (tertiary/aromatic N) is 3. The van der Waals surface area contributed by atoms with Crippen LogP contribution < -0.4 is 5.73 Å². The molecule has 0 aliphatic carbocycles. The minimum absolute atomic E-state index is 0.165. The smallest absolute Gasteiger partial charge is 0.192 e. The van der Waals surface area contributed by atoms with Crippen molar-refractivity contribution in [3.05, 3.63) is 22.4 Å². The summed E-state index contributed by atoms with van der Waals surface area (Å²) >= 11 is 1.81. The zero-order valence-electron chi connectivity index (χ0n) is 12.2. The highest BCUT2D eigenvalue weighted by atomic mass is 32.1. The van der Waals surface area contributed by atoms with Gasteiger partial charge in [-0.25, -0.2) is 0 Å². The molecule has 0 saturated carbocycles. The minimum atomic E-state index is 0.165. The summed E-state index contributed by atoms with van der Waals surface area (Å²) in [5, 5.41) is 2.14. The summed E-state index contributed by atoms with van der Waals surface area (Å²) in [6.07, 6.45) is 3.63. The van der Waals surface area contributed by atoms with Crippen LogP contribution in [-0.2, 0) is 6.54 Å². The van der Waals surface area contributed by atoms with Crippen LogP contribution in [0.3, 0.4) is 0 Å². The second-order valence-corrected chi connectivity index (χ2v) is 6.88. The van der Waals surface area contributed by atoms with E-state index in [-0.39, 0.29) is 5.54 Å². The molecule has 0 radical (unpaired) electrons. The van der Waals surface area contributed by atoms with E-state index in [2.05, 4.69) is 39.2 Å². The van der Waals surface area contributed by atoms with Gasteiger partial charge in [0, 0.05) is 11.4 Å². The van der Waals surface area contributed by atoms with Crippen molar-refractivity contribution in [3.8, 4) is 0 Å². The van der Waals surface area contributed by atoms with Crippen molar-refractivity contribution < 1.29 is 0 Å². The maximum absolute atomic E-state index is 6.19. The summed E-state index contributed by atoms with van der Waals surface area (Å²) in [7, 11) is 0. The summed E-state index contributed by atoms with van der Waals surface area (Å²) in [4.78, 5) is 10.9. The largest absolute Gasteiger partial charge is 0.370 e. The standard InChI is InChI=1S/C15H24N4S/c1-2-18-8-4-6-15(7-9-18)12-17-14(16)19(15)11-13-5-3-10-20-13/h3,5,10H,2,4,6-9,11-12H2,1H3,(H2,16,17). The Bertz CT molecular complexity index is 470. The summed E-state index contributed by atoms with van der Waals surface area (Å²) in [6.45, 7) is 7.57. The lowest BCUT2D eigenvalue weighted by Crippen LogP contribution is -2.51. The average Bonchev–Trinajstić information content (AvgIpc) is 3.00. The Balaban J connectivity index is 1.77. The molecule has 1 aromatic rings. The van der Waals surface area contributed by atoms with Crippen LogP contribution in [0.5, 0.6) is 0 Å². The number of likely N-dealkylation sites (tertiary alicyclic amines) is 1. The summed E-state index contributed by atoms with van der Waals surface area (Å²) in [5.74, 6) is 0.739. The summed E-state index contributed by atoms with van der Waals surface area (Å²) in [5.41, 5.74) is 6.35. The van der Waals surface area contributed by atoms with Crippen molar-refractivity contribution in [2.24, 2.45) is 10.7 Å². The molecule has 2 N–H and O–H groups in total. The van der Waals surface area contributed by atoms with Crippen LogP contribution in [-0.4, -0.2) is 47.5 Å². The van der Waals surface area contributed by atoms with Crippen molar-refractivity contribution in [3.63, 3.8) is 0 Å². The van der Waals surface area contributed by atoms with Gasteiger partial charge in [-0.1, -0.05) is 13.0 Å². The molecule has 1 fully saturated rings. The first-order valence-corrected chi connectivity index (χ1v) is 8.44. The fraction of sp³-hybridized carbons (Fsp3) is 0.667. The van der Waals surface area contributed by atoms with Crippen LogP contribution in [0.1, 0.15) is 31.1 Å². The normalized spacial score (nSPS) is 27.9. The third-order valence-electron chi connectivity index (χ3n) is 4.74. The van der Waals surface area contributed by atoms with E-state index >= 15 is 0 Å². The zero-order valence-corrected chi connectivity index (χ0v) is 13.0. The lowest BCUT2D eigenvalue weighted by atomic mass is 9.89. The van der Waals surface area contributed by atoms with Gasteiger partial charge in [0.15, 0.2) is 5.96 Å². The molecule has 1 unspecified atom stereocenters. The maximum atomic E-state index is 6.19. The first kappa shape index (κ1) is 13.9. The lowest BCUT2D eigenvalue weighted by Gasteiger charge is -2.38. The molecule has 1 aromatic heterocycles. The van der Waals surface area contributed by atoms with Gasteiger partial charge in [-0.3, -0.25) is 4.99 Å². The summed E-state index contributed by atoms with van der Waals surface area (Å²) < 4.78 is 0. The highest BCUT2D eigenvalue weighted by Gasteiger charge is 2.42. The van der Waals surface area contributed by atoms with E-state index in [1.165, 1.54) is 37.2 Å². The Kier molecular flexibility index (Phi) is 3.98. The van der Waals surface area contributed by atoms with Crippen molar-refractivity contribution in [1.82, 2.24) is 9.80 Å². The zero-order chi connectivity index (χ0) is 14.0. The van der Waals surface area contributed by atoms with E-state index in [0.29, 0.717) is 0 Å². The fourth-order valence-corrected chi connectivity index (χ4v) is 4.12. The van der Waals surface area contributed by atoms with E-state index < -0.39 is 0 Å². The highest BCUT2D eigenvalue weighted by Crippen LogP contribution is 2.34. The van der Waals surface area contributed by atoms with Crippen LogP contribution in [0.4, 0.5) is 0 Å². The van der Waals surface area contributed by atoms with E-state index in [9.17, 15) is 0 Å². The molecule has 3 heterocycles. The molecule has 4 nitrogen and oxygen atoms in total. The monoisotopic (exact) mass is 292 g/mol. The molecular weight excluding hydrogens is 268 g/mol. The van der Waals surface area contributed by atoms with E-state index in [1.54, 1.807) is 11.3 Å². The quantitative estimate of drug-likeness (QED) is 0.928. The molecule has 0 aromatic carbocycles. The number of hydrogen-bond donors (Lipinski definition) is 1.